The molecule has 0 aliphatic rings. The van der Waals surface area contributed by atoms with Crippen LogP contribution in [0.15, 0.2) is 29.2 Å². The Hall–Kier alpha value is -1.12. The van der Waals surface area contributed by atoms with Crippen LogP contribution in [-0.4, -0.2) is 32.3 Å². The van der Waals surface area contributed by atoms with Crippen LogP contribution in [0.4, 0.5) is 13.2 Å². The lowest BCUT2D eigenvalue weighted by molar-refractivity contribution is -0.200. The van der Waals surface area contributed by atoms with Crippen molar-refractivity contribution in [1.29, 1.82) is 0 Å². The molecule has 0 bridgehead atoms. The van der Waals surface area contributed by atoms with Gasteiger partial charge in [-0.15, -0.1) is 0 Å². The predicted molar refractivity (Wildman–Crippen MR) is 58.4 cm³/mol. The van der Waals surface area contributed by atoms with Gasteiger partial charge in [0.2, 0.25) is 10.0 Å². The fourth-order valence-electron chi connectivity index (χ4n) is 1.17. The highest BCUT2D eigenvalue weighted by atomic mass is 32.2. The maximum Gasteiger partial charge on any atom is 0.415 e. The molecule has 0 saturated heterocycles. The summed E-state index contributed by atoms with van der Waals surface area (Å²) in [6.45, 7) is 0.545. The standard InChI is InChI=1S/C10H12F3NO3S/c1-7-3-2-4-8(5-7)18(16,17)14-6-9(15)10(11,12)13/h2-5,9,14-15H,6H2,1H3. The third kappa shape index (κ3) is 3.97. The van der Waals surface area contributed by atoms with E-state index in [1.807, 2.05) is 0 Å². The highest BCUT2D eigenvalue weighted by Gasteiger charge is 2.38. The van der Waals surface area contributed by atoms with Crippen LogP contribution >= 0.6 is 0 Å². The van der Waals surface area contributed by atoms with Gasteiger partial charge in [0.25, 0.3) is 0 Å². The van der Waals surface area contributed by atoms with E-state index in [4.69, 9.17) is 5.11 Å². The number of aryl methyl sites for hydroxylation is 1. The molecule has 0 heterocycles. The van der Waals surface area contributed by atoms with E-state index in [0.29, 0.717) is 5.56 Å². The van der Waals surface area contributed by atoms with Crippen LogP contribution in [0.1, 0.15) is 5.56 Å². The number of hydrogen-bond acceptors (Lipinski definition) is 3. The summed E-state index contributed by atoms with van der Waals surface area (Å²) < 4.78 is 61.0. The number of aliphatic hydroxyl groups is 1. The van der Waals surface area contributed by atoms with Gasteiger partial charge in [-0.2, -0.15) is 13.2 Å². The van der Waals surface area contributed by atoms with Gasteiger partial charge in [0.15, 0.2) is 6.10 Å². The first-order valence-electron chi connectivity index (χ1n) is 4.94. The summed E-state index contributed by atoms with van der Waals surface area (Å²) in [5, 5.41) is 8.70. The Bertz CT molecular complexity index is 513. The van der Waals surface area contributed by atoms with E-state index in [1.165, 1.54) is 18.2 Å². The molecule has 1 unspecified atom stereocenters. The van der Waals surface area contributed by atoms with Crippen molar-refractivity contribution in [1.82, 2.24) is 4.72 Å². The van der Waals surface area contributed by atoms with E-state index >= 15 is 0 Å². The third-order valence-electron chi connectivity index (χ3n) is 2.14. The Morgan fingerprint density at radius 2 is 2.00 bits per heavy atom. The van der Waals surface area contributed by atoms with Gasteiger partial charge >= 0.3 is 6.18 Å². The van der Waals surface area contributed by atoms with Crippen LogP contribution in [0.2, 0.25) is 0 Å². The van der Waals surface area contributed by atoms with Crippen molar-refractivity contribution in [3.8, 4) is 0 Å². The van der Waals surface area contributed by atoms with Gasteiger partial charge in [-0.3, -0.25) is 0 Å². The summed E-state index contributed by atoms with van der Waals surface area (Å²) in [5.74, 6) is 0. The van der Waals surface area contributed by atoms with Gasteiger partial charge in [0.1, 0.15) is 0 Å². The van der Waals surface area contributed by atoms with Crippen molar-refractivity contribution in [2.45, 2.75) is 24.1 Å². The van der Waals surface area contributed by atoms with Gasteiger partial charge in [-0.1, -0.05) is 12.1 Å². The zero-order chi connectivity index (χ0) is 14.0. The Labute approximate surface area is 102 Å². The number of halogens is 3. The topological polar surface area (TPSA) is 66.4 Å². The molecule has 0 aromatic heterocycles. The first kappa shape index (κ1) is 14.9. The van der Waals surface area contributed by atoms with Crippen molar-refractivity contribution in [3.63, 3.8) is 0 Å². The number of sulfonamides is 1. The zero-order valence-corrected chi connectivity index (χ0v) is 10.2. The number of nitrogens with one attached hydrogen (secondary N) is 1. The Kier molecular flexibility index (Phi) is 4.36. The van der Waals surface area contributed by atoms with Crippen LogP contribution in [0, 0.1) is 6.92 Å². The molecule has 0 radical (unpaired) electrons. The van der Waals surface area contributed by atoms with Crippen LogP contribution in [0.3, 0.4) is 0 Å². The van der Waals surface area contributed by atoms with Crippen LogP contribution in [0.5, 0.6) is 0 Å². The lowest BCUT2D eigenvalue weighted by Crippen LogP contribution is -2.40. The number of alkyl halides is 3. The molecule has 1 rings (SSSR count). The molecule has 0 aliphatic carbocycles. The van der Waals surface area contributed by atoms with Crippen molar-refractivity contribution in [2.24, 2.45) is 0 Å². The maximum absolute atomic E-state index is 12.0. The van der Waals surface area contributed by atoms with Crippen molar-refractivity contribution < 1.29 is 26.7 Å². The average molecular weight is 283 g/mol. The molecule has 0 saturated carbocycles. The second kappa shape index (κ2) is 5.25. The second-order valence-corrected chi connectivity index (χ2v) is 5.49. The van der Waals surface area contributed by atoms with E-state index in [0.717, 1.165) is 0 Å². The molecule has 0 amide bonds. The first-order valence-corrected chi connectivity index (χ1v) is 6.42. The van der Waals surface area contributed by atoms with Crippen LogP contribution in [0.25, 0.3) is 0 Å². The van der Waals surface area contributed by atoms with E-state index in [2.05, 4.69) is 0 Å². The summed E-state index contributed by atoms with van der Waals surface area (Å²) in [6.07, 6.45) is -7.58. The molecular weight excluding hydrogens is 271 g/mol. The van der Waals surface area contributed by atoms with Crippen molar-refractivity contribution in [2.75, 3.05) is 6.54 Å². The van der Waals surface area contributed by atoms with E-state index in [1.54, 1.807) is 17.7 Å². The van der Waals surface area contributed by atoms with Crippen molar-refractivity contribution in [3.05, 3.63) is 29.8 Å². The lowest BCUT2D eigenvalue weighted by atomic mass is 10.2. The van der Waals surface area contributed by atoms with Crippen LogP contribution < -0.4 is 4.72 Å². The molecular formula is C10H12F3NO3S. The van der Waals surface area contributed by atoms with Gasteiger partial charge in [0.05, 0.1) is 4.90 Å². The molecule has 1 aromatic carbocycles. The summed E-state index contributed by atoms with van der Waals surface area (Å²) >= 11 is 0. The molecule has 1 aromatic rings. The largest absolute Gasteiger partial charge is 0.415 e. The molecule has 0 spiro atoms. The summed E-state index contributed by atoms with van der Waals surface area (Å²) in [4.78, 5) is -0.142. The highest BCUT2D eigenvalue weighted by molar-refractivity contribution is 7.89. The number of rotatable bonds is 4. The zero-order valence-electron chi connectivity index (χ0n) is 9.40. The molecule has 1 atom stereocenters. The second-order valence-electron chi connectivity index (χ2n) is 3.73. The predicted octanol–water partition coefficient (Wildman–Crippen LogP) is 1.20. The molecule has 102 valence electrons. The Morgan fingerprint density at radius 1 is 1.39 bits per heavy atom. The minimum absolute atomic E-state index is 0.142. The van der Waals surface area contributed by atoms with Gasteiger partial charge in [-0.05, 0) is 24.6 Å². The summed E-state index contributed by atoms with van der Waals surface area (Å²) in [5.41, 5.74) is 0.661. The van der Waals surface area contributed by atoms with E-state index in [-0.39, 0.29) is 4.90 Å². The fourth-order valence-corrected chi connectivity index (χ4v) is 2.31. The molecule has 8 heteroatoms. The molecule has 18 heavy (non-hydrogen) atoms. The van der Waals surface area contributed by atoms with Gasteiger partial charge < -0.3 is 5.11 Å². The lowest BCUT2D eigenvalue weighted by Gasteiger charge is -2.15. The first-order chi connectivity index (χ1) is 8.13. The van der Waals surface area contributed by atoms with Gasteiger partial charge in [0, 0.05) is 6.54 Å². The molecule has 0 fully saturated rings. The normalized spacial score (nSPS) is 14.5. The minimum Gasteiger partial charge on any atom is -0.382 e. The SMILES string of the molecule is Cc1cccc(S(=O)(=O)NCC(O)C(F)(F)F)c1. The maximum atomic E-state index is 12.0. The van der Waals surface area contributed by atoms with Crippen molar-refractivity contribution >= 4 is 10.0 Å². The summed E-state index contributed by atoms with van der Waals surface area (Å²) in [7, 11) is -4.05. The quantitative estimate of drug-likeness (QED) is 0.872. The fraction of sp³-hybridized carbons (Fsp3) is 0.400. The Balaban J connectivity index is 2.78. The number of hydrogen-bond donors (Lipinski definition) is 2. The van der Waals surface area contributed by atoms with E-state index < -0.39 is 28.8 Å². The molecule has 0 aliphatic heterocycles. The number of benzene rings is 1. The number of aliphatic hydroxyl groups excluding tert-OH is 1. The average Bonchev–Trinajstić information content (AvgIpc) is 2.24. The third-order valence-corrected chi connectivity index (χ3v) is 3.57. The smallest absolute Gasteiger partial charge is 0.382 e. The Morgan fingerprint density at radius 3 is 2.50 bits per heavy atom. The highest BCUT2D eigenvalue weighted by Crippen LogP contribution is 2.20. The van der Waals surface area contributed by atoms with E-state index in [9.17, 15) is 21.6 Å². The van der Waals surface area contributed by atoms with Gasteiger partial charge in [-0.25, -0.2) is 13.1 Å². The summed E-state index contributed by atoms with van der Waals surface area (Å²) in [6, 6.07) is 5.71. The molecule has 4 nitrogen and oxygen atoms in total. The minimum atomic E-state index is -4.85. The monoisotopic (exact) mass is 283 g/mol. The van der Waals surface area contributed by atoms with Crippen LogP contribution in [-0.2, 0) is 10.0 Å². The molecule has 2 N–H and O–H groups in total.